The van der Waals surface area contributed by atoms with E-state index in [-0.39, 0.29) is 0 Å². The van der Waals surface area contributed by atoms with E-state index >= 15 is 0 Å². The fourth-order valence-electron chi connectivity index (χ4n) is 1.15. The van der Waals surface area contributed by atoms with Crippen LogP contribution in [0.4, 0.5) is 5.69 Å². The van der Waals surface area contributed by atoms with Crippen LogP contribution in [-0.2, 0) is 6.42 Å². The van der Waals surface area contributed by atoms with Crippen LogP contribution in [0.1, 0.15) is 12.0 Å². The average molecular weight is 185 g/mol. The van der Waals surface area contributed by atoms with Gasteiger partial charge in [0.2, 0.25) is 0 Å². The van der Waals surface area contributed by atoms with Crippen LogP contribution in [-0.4, -0.2) is 6.54 Å². The minimum atomic E-state index is 0.424. The van der Waals surface area contributed by atoms with E-state index in [2.05, 4.69) is 17.5 Å². The van der Waals surface area contributed by atoms with Crippen molar-refractivity contribution in [1.29, 1.82) is 10.5 Å². The van der Waals surface area contributed by atoms with Crippen LogP contribution in [0.2, 0.25) is 0 Å². The molecule has 0 aliphatic rings. The third-order valence-electron chi connectivity index (χ3n) is 1.78. The second-order valence-corrected chi connectivity index (χ2v) is 2.87. The van der Waals surface area contributed by atoms with Crippen LogP contribution in [0, 0.1) is 22.7 Å². The lowest BCUT2D eigenvalue weighted by Gasteiger charge is -2.04. The van der Waals surface area contributed by atoms with Crippen LogP contribution in [0.15, 0.2) is 24.3 Å². The molecule has 0 spiro atoms. The molecular formula is C11H11N3. The summed E-state index contributed by atoms with van der Waals surface area (Å²) in [5, 5.41) is 20.0. The summed E-state index contributed by atoms with van der Waals surface area (Å²) >= 11 is 0. The van der Waals surface area contributed by atoms with E-state index < -0.39 is 0 Å². The Bertz CT molecular complexity index is 371. The van der Waals surface area contributed by atoms with Gasteiger partial charge in [-0.15, -0.1) is 0 Å². The molecular weight excluding hydrogens is 174 g/mol. The number of hydrogen-bond donors (Lipinski definition) is 1. The highest BCUT2D eigenvalue weighted by Gasteiger charge is 1.94. The molecule has 0 saturated heterocycles. The van der Waals surface area contributed by atoms with Crippen molar-refractivity contribution in [2.75, 3.05) is 11.9 Å². The van der Waals surface area contributed by atoms with Crippen molar-refractivity contribution < 1.29 is 0 Å². The summed E-state index contributed by atoms with van der Waals surface area (Å²) in [5.74, 6) is 0. The summed E-state index contributed by atoms with van der Waals surface area (Å²) in [4.78, 5) is 0. The monoisotopic (exact) mass is 185 g/mol. The van der Waals surface area contributed by atoms with Gasteiger partial charge < -0.3 is 5.32 Å². The Morgan fingerprint density at radius 1 is 1.21 bits per heavy atom. The third-order valence-corrected chi connectivity index (χ3v) is 1.78. The minimum absolute atomic E-state index is 0.424. The summed E-state index contributed by atoms with van der Waals surface area (Å²) in [5.41, 5.74) is 1.96. The Morgan fingerprint density at radius 2 is 2.07 bits per heavy atom. The van der Waals surface area contributed by atoms with Gasteiger partial charge in [0.1, 0.15) is 0 Å². The predicted molar refractivity (Wildman–Crippen MR) is 54.5 cm³/mol. The van der Waals surface area contributed by atoms with E-state index in [4.69, 9.17) is 10.5 Å². The molecule has 0 saturated carbocycles. The van der Waals surface area contributed by atoms with Gasteiger partial charge in [-0.2, -0.15) is 10.5 Å². The third kappa shape index (κ3) is 3.16. The minimum Gasteiger partial charge on any atom is -0.384 e. The second kappa shape index (κ2) is 5.61. The summed E-state index contributed by atoms with van der Waals surface area (Å²) < 4.78 is 0. The Labute approximate surface area is 83.6 Å². The Balaban J connectivity index is 2.56. The Hall–Kier alpha value is -2.00. The molecule has 14 heavy (non-hydrogen) atoms. The van der Waals surface area contributed by atoms with Crippen molar-refractivity contribution >= 4 is 5.69 Å². The predicted octanol–water partition coefficient (Wildman–Crippen LogP) is 2.08. The van der Waals surface area contributed by atoms with Crippen molar-refractivity contribution in [3.05, 3.63) is 29.8 Å². The van der Waals surface area contributed by atoms with Gasteiger partial charge in [0.15, 0.2) is 0 Å². The molecule has 0 aliphatic heterocycles. The number of anilines is 1. The molecule has 3 heteroatoms. The maximum absolute atomic E-state index is 8.51. The normalized spacial score (nSPS) is 8.71. The molecule has 1 N–H and O–H groups in total. The van der Waals surface area contributed by atoms with Crippen LogP contribution < -0.4 is 5.32 Å². The first-order valence-corrected chi connectivity index (χ1v) is 4.43. The Kier molecular flexibility index (Phi) is 4.04. The van der Waals surface area contributed by atoms with E-state index in [0.717, 1.165) is 11.3 Å². The summed E-state index contributed by atoms with van der Waals surface area (Å²) in [6, 6.07) is 11.8. The van der Waals surface area contributed by atoms with Crippen LogP contribution in [0.25, 0.3) is 0 Å². The average Bonchev–Trinajstić information content (AvgIpc) is 2.19. The smallest absolute Gasteiger partial charge is 0.0669 e. The van der Waals surface area contributed by atoms with Gasteiger partial charge in [-0.3, -0.25) is 0 Å². The maximum atomic E-state index is 8.51. The highest BCUT2D eigenvalue weighted by molar-refractivity contribution is 5.46. The molecule has 0 amide bonds. The molecule has 1 aromatic rings. The molecule has 0 radical (unpaired) electrons. The number of nitrogens with one attached hydrogen (secondary N) is 1. The quantitative estimate of drug-likeness (QED) is 0.730. The highest BCUT2D eigenvalue weighted by Crippen LogP contribution is 2.10. The van der Waals surface area contributed by atoms with Crippen LogP contribution in [0.5, 0.6) is 0 Å². The zero-order valence-corrected chi connectivity index (χ0v) is 7.83. The van der Waals surface area contributed by atoms with E-state index in [9.17, 15) is 0 Å². The van der Waals surface area contributed by atoms with Crippen molar-refractivity contribution in [2.24, 2.45) is 0 Å². The van der Waals surface area contributed by atoms with Crippen molar-refractivity contribution in [3.63, 3.8) is 0 Å². The molecule has 0 heterocycles. The van der Waals surface area contributed by atoms with Gasteiger partial charge in [-0.25, -0.2) is 0 Å². The molecule has 1 aromatic carbocycles. The lowest BCUT2D eigenvalue weighted by Crippen LogP contribution is -2.00. The fourth-order valence-corrected chi connectivity index (χ4v) is 1.15. The van der Waals surface area contributed by atoms with Gasteiger partial charge in [0.05, 0.1) is 25.0 Å². The lowest BCUT2D eigenvalue weighted by molar-refractivity contribution is 1.07. The van der Waals surface area contributed by atoms with Gasteiger partial charge in [0, 0.05) is 12.2 Å². The summed E-state index contributed by atoms with van der Waals surface area (Å²) in [6.07, 6.45) is 0.913. The number of benzene rings is 1. The van der Waals surface area contributed by atoms with Gasteiger partial charge >= 0.3 is 0 Å². The standard InChI is InChI=1S/C11H11N3/c12-6-2-8-14-11-4-1-3-10(9-11)5-7-13/h1,3-4,9,14H,2,5,8H2. The zero-order valence-electron chi connectivity index (χ0n) is 7.83. The number of nitrogens with zero attached hydrogens (tertiary/aromatic N) is 2. The zero-order chi connectivity index (χ0) is 10.2. The maximum Gasteiger partial charge on any atom is 0.0669 e. The number of rotatable bonds is 4. The van der Waals surface area contributed by atoms with E-state index in [1.54, 1.807) is 0 Å². The fraction of sp³-hybridized carbons (Fsp3) is 0.273. The SMILES string of the molecule is N#CCCNc1cccc(CC#N)c1. The largest absolute Gasteiger partial charge is 0.384 e. The van der Waals surface area contributed by atoms with Crippen molar-refractivity contribution in [3.8, 4) is 12.1 Å². The van der Waals surface area contributed by atoms with Crippen LogP contribution in [0.3, 0.4) is 0 Å². The summed E-state index contributed by atoms with van der Waals surface area (Å²) in [7, 11) is 0. The molecule has 0 fully saturated rings. The van der Waals surface area contributed by atoms with Crippen molar-refractivity contribution in [1.82, 2.24) is 0 Å². The molecule has 1 rings (SSSR count). The van der Waals surface area contributed by atoms with E-state index in [0.29, 0.717) is 19.4 Å². The number of hydrogen-bond acceptors (Lipinski definition) is 3. The van der Waals surface area contributed by atoms with Crippen molar-refractivity contribution in [2.45, 2.75) is 12.8 Å². The first-order valence-electron chi connectivity index (χ1n) is 4.43. The lowest BCUT2D eigenvalue weighted by atomic mass is 10.1. The van der Waals surface area contributed by atoms with Gasteiger partial charge in [0.25, 0.3) is 0 Å². The molecule has 0 aromatic heterocycles. The summed E-state index contributed by atoms with van der Waals surface area (Å²) in [6.45, 7) is 0.645. The molecule has 0 aliphatic carbocycles. The molecule has 70 valence electrons. The first kappa shape index (κ1) is 10.1. The molecule has 0 bridgehead atoms. The van der Waals surface area contributed by atoms with Gasteiger partial charge in [-0.05, 0) is 17.7 Å². The second-order valence-electron chi connectivity index (χ2n) is 2.87. The van der Waals surface area contributed by atoms with Gasteiger partial charge in [-0.1, -0.05) is 12.1 Å². The van der Waals surface area contributed by atoms with E-state index in [1.807, 2.05) is 24.3 Å². The first-order chi connectivity index (χ1) is 6.86. The molecule has 0 atom stereocenters. The van der Waals surface area contributed by atoms with E-state index in [1.165, 1.54) is 0 Å². The number of nitriles is 2. The molecule has 0 unspecified atom stereocenters. The topological polar surface area (TPSA) is 59.6 Å². The Morgan fingerprint density at radius 3 is 2.79 bits per heavy atom. The highest BCUT2D eigenvalue weighted by atomic mass is 14.9. The van der Waals surface area contributed by atoms with Crippen LogP contribution >= 0.6 is 0 Å². The molecule has 3 nitrogen and oxygen atoms in total.